The zero-order valence-electron chi connectivity index (χ0n) is 19.0. The van der Waals surface area contributed by atoms with Crippen molar-refractivity contribution in [1.29, 1.82) is 0 Å². The number of hydrogen-bond donors (Lipinski definition) is 4. The maximum atomic E-state index is 12.7. The molecule has 2 amide bonds. The average Bonchev–Trinajstić information content (AvgIpc) is 3.20. The molecule has 8 heteroatoms. The number of amides is 2. The van der Waals surface area contributed by atoms with Gasteiger partial charge in [0.2, 0.25) is 5.95 Å². The summed E-state index contributed by atoms with van der Waals surface area (Å²) in [6.45, 7) is 3.87. The summed E-state index contributed by atoms with van der Waals surface area (Å²) in [6, 6.07) is 14.3. The Balaban J connectivity index is 1.44. The number of likely N-dealkylation sites (N-methyl/N-ethyl adjacent to an activating group) is 1. The first-order chi connectivity index (χ1) is 16.0. The Hall–Kier alpha value is -3.65. The topological polar surface area (TPSA) is 94.2 Å². The monoisotopic (exact) mass is 443 g/mol. The van der Waals surface area contributed by atoms with Gasteiger partial charge in [0.1, 0.15) is 5.82 Å². The van der Waals surface area contributed by atoms with E-state index in [9.17, 15) is 4.79 Å². The molecule has 1 saturated heterocycles. The van der Waals surface area contributed by atoms with Crippen LogP contribution in [0.2, 0.25) is 0 Å². The number of carbonyl (C=O) groups is 1. The summed E-state index contributed by atoms with van der Waals surface area (Å²) in [5.74, 6) is 1.30. The third-order valence-electron chi connectivity index (χ3n) is 6.18. The Labute approximate surface area is 193 Å². The molecule has 0 unspecified atom stereocenters. The quantitative estimate of drug-likeness (QED) is 0.474. The van der Waals surface area contributed by atoms with Gasteiger partial charge in [-0.2, -0.15) is 4.98 Å². The zero-order valence-corrected chi connectivity index (χ0v) is 19.0. The van der Waals surface area contributed by atoms with Gasteiger partial charge < -0.3 is 26.2 Å². The van der Waals surface area contributed by atoms with Crippen LogP contribution in [0.25, 0.3) is 0 Å². The maximum absolute atomic E-state index is 12.7. The van der Waals surface area contributed by atoms with E-state index in [1.165, 1.54) is 5.56 Å². The molecule has 3 heterocycles. The van der Waals surface area contributed by atoms with E-state index in [-0.39, 0.29) is 12.1 Å². The highest BCUT2D eigenvalue weighted by Gasteiger charge is 2.21. The van der Waals surface area contributed by atoms with Gasteiger partial charge in [0.05, 0.1) is 0 Å². The van der Waals surface area contributed by atoms with Crippen molar-refractivity contribution in [3.8, 4) is 0 Å². The van der Waals surface area contributed by atoms with Crippen LogP contribution >= 0.6 is 0 Å². The molecule has 3 aromatic rings. The van der Waals surface area contributed by atoms with Crippen molar-refractivity contribution in [3.05, 3.63) is 65.4 Å². The Morgan fingerprint density at radius 2 is 2.00 bits per heavy atom. The molecule has 33 heavy (non-hydrogen) atoms. The fraction of sp³-hybridized carbons (Fsp3) is 0.320. The largest absolute Gasteiger partial charge is 0.340 e. The molecule has 0 saturated carbocycles. The van der Waals surface area contributed by atoms with Gasteiger partial charge in [-0.15, -0.1) is 0 Å². The Bertz CT molecular complexity index is 1180. The van der Waals surface area contributed by atoms with Crippen LogP contribution in [-0.2, 0) is 12.8 Å². The number of hydrogen-bond acceptors (Lipinski definition) is 6. The first-order valence-corrected chi connectivity index (χ1v) is 11.4. The number of aromatic nitrogens is 2. The lowest BCUT2D eigenvalue weighted by molar-refractivity contribution is 0.248. The molecule has 6 bridgehead atoms. The molecule has 0 spiro atoms. The van der Waals surface area contributed by atoms with Crippen LogP contribution in [0.1, 0.15) is 23.1 Å². The lowest BCUT2D eigenvalue weighted by Crippen LogP contribution is -2.39. The second-order valence-electron chi connectivity index (χ2n) is 8.89. The number of anilines is 5. The van der Waals surface area contributed by atoms with E-state index in [0.717, 1.165) is 66.4 Å². The van der Waals surface area contributed by atoms with Crippen LogP contribution in [0.5, 0.6) is 0 Å². The normalized spacial score (nSPS) is 17.6. The van der Waals surface area contributed by atoms with E-state index < -0.39 is 0 Å². The predicted octanol–water partition coefficient (Wildman–Crippen LogP) is 4.20. The number of rotatable bonds is 2. The number of aryl methyl sites for hydroxylation is 3. The molecule has 5 rings (SSSR count). The molecular formula is C25H29N7O. The molecule has 0 aliphatic carbocycles. The maximum Gasteiger partial charge on any atom is 0.319 e. The number of fused-ring (bicyclic) bond motifs is 6. The number of likely N-dealkylation sites (tertiary alicyclic amines) is 1. The number of benzene rings is 2. The van der Waals surface area contributed by atoms with Gasteiger partial charge in [-0.3, -0.25) is 0 Å². The molecule has 1 aromatic heterocycles. The Morgan fingerprint density at radius 3 is 2.85 bits per heavy atom. The predicted molar refractivity (Wildman–Crippen MR) is 132 cm³/mol. The van der Waals surface area contributed by atoms with Gasteiger partial charge in [0.25, 0.3) is 0 Å². The SMILES string of the molecule is Cc1cnc2nc1Nc1ccc(NC(=O)N[C@H]3CCN(C)C3)c(c1)CCc1cccc(c1)N2. The molecule has 1 atom stereocenters. The molecule has 8 nitrogen and oxygen atoms in total. The van der Waals surface area contributed by atoms with Crippen molar-refractivity contribution < 1.29 is 4.79 Å². The molecule has 1 fully saturated rings. The van der Waals surface area contributed by atoms with Crippen molar-refractivity contribution in [2.75, 3.05) is 36.1 Å². The van der Waals surface area contributed by atoms with E-state index in [0.29, 0.717) is 5.95 Å². The summed E-state index contributed by atoms with van der Waals surface area (Å²) in [7, 11) is 2.08. The van der Waals surface area contributed by atoms with Crippen LogP contribution < -0.4 is 21.3 Å². The number of urea groups is 1. The minimum absolute atomic E-state index is 0.155. The summed E-state index contributed by atoms with van der Waals surface area (Å²) >= 11 is 0. The number of nitrogens with zero attached hydrogens (tertiary/aromatic N) is 3. The number of carbonyl (C=O) groups excluding carboxylic acids is 1. The summed E-state index contributed by atoms with van der Waals surface area (Å²) in [6.07, 6.45) is 4.43. The highest BCUT2D eigenvalue weighted by Crippen LogP contribution is 2.27. The van der Waals surface area contributed by atoms with Crippen LogP contribution in [0.15, 0.2) is 48.7 Å². The fourth-order valence-corrected chi connectivity index (χ4v) is 4.38. The smallest absolute Gasteiger partial charge is 0.319 e. The van der Waals surface area contributed by atoms with E-state index in [2.05, 4.69) is 61.4 Å². The second kappa shape index (κ2) is 9.07. The van der Waals surface area contributed by atoms with Crippen molar-refractivity contribution >= 4 is 34.9 Å². The van der Waals surface area contributed by atoms with Gasteiger partial charge in [-0.05, 0) is 81.2 Å². The third-order valence-corrected chi connectivity index (χ3v) is 6.18. The van der Waals surface area contributed by atoms with Crippen molar-refractivity contribution in [2.24, 2.45) is 0 Å². The molecule has 0 radical (unpaired) electrons. The fourth-order valence-electron chi connectivity index (χ4n) is 4.38. The molecule has 2 aromatic carbocycles. The highest BCUT2D eigenvalue weighted by molar-refractivity contribution is 5.90. The standard InChI is InChI=1S/C25H29N7O/c1-16-14-26-24-28-19-5-3-4-17(12-19)6-7-18-13-20(27-23(16)31-24)8-9-22(18)30-25(33)29-21-10-11-32(2)15-21/h3-5,8-9,12-14,21H,6-7,10-11,15H2,1-2H3,(H2,29,30,33)(H2,26,27,28,31)/t21-/m0/s1. The summed E-state index contributed by atoms with van der Waals surface area (Å²) < 4.78 is 0. The molecular weight excluding hydrogens is 414 g/mol. The third kappa shape index (κ3) is 5.06. The zero-order chi connectivity index (χ0) is 22.8. The highest BCUT2D eigenvalue weighted by atomic mass is 16.2. The molecule has 2 aliphatic rings. The minimum Gasteiger partial charge on any atom is -0.340 e. The molecule has 4 N–H and O–H groups in total. The van der Waals surface area contributed by atoms with E-state index in [1.807, 2.05) is 37.4 Å². The van der Waals surface area contributed by atoms with Gasteiger partial charge >= 0.3 is 6.03 Å². The van der Waals surface area contributed by atoms with Gasteiger partial charge in [0, 0.05) is 41.4 Å². The second-order valence-corrected chi connectivity index (χ2v) is 8.89. The molecule has 170 valence electrons. The van der Waals surface area contributed by atoms with Gasteiger partial charge in [-0.1, -0.05) is 12.1 Å². The Kier molecular flexibility index (Phi) is 5.83. The van der Waals surface area contributed by atoms with Crippen molar-refractivity contribution in [3.63, 3.8) is 0 Å². The summed E-state index contributed by atoms with van der Waals surface area (Å²) in [5, 5.41) is 12.9. The number of nitrogens with one attached hydrogen (secondary N) is 4. The van der Waals surface area contributed by atoms with Crippen LogP contribution in [-0.4, -0.2) is 47.1 Å². The van der Waals surface area contributed by atoms with E-state index in [1.54, 1.807) is 0 Å². The van der Waals surface area contributed by atoms with E-state index in [4.69, 9.17) is 0 Å². The van der Waals surface area contributed by atoms with Crippen molar-refractivity contribution in [1.82, 2.24) is 20.2 Å². The van der Waals surface area contributed by atoms with Crippen LogP contribution in [0.3, 0.4) is 0 Å². The summed E-state index contributed by atoms with van der Waals surface area (Å²) in [4.78, 5) is 24.0. The van der Waals surface area contributed by atoms with E-state index >= 15 is 0 Å². The first kappa shape index (κ1) is 21.2. The first-order valence-electron chi connectivity index (χ1n) is 11.4. The van der Waals surface area contributed by atoms with Gasteiger partial charge in [-0.25, -0.2) is 9.78 Å². The lowest BCUT2D eigenvalue weighted by atomic mass is 10.0. The van der Waals surface area contributed by atoms with Crippen LogP contribution in [0.4, 0.5) is 33.6 Å². The summed E-state index contributed by atoms with van der Waals surface area (Å²) in [5.41, 5.74) is 5.93. The lowest BCUT2D eigenvalue weighted by Gasteiger charge is -2.17. The van der Waals surface area contributed by atoms with Gasteiger partial charge in [0.15, 0.2) is 0 Å². The minimum atomic E-state index is -0.155. The average molecular weight is 444 g/mol. The van der Waals surface area contributed by atoms with Crippen LogP contribution in [0, 0.1) is 6.92 Å². The Morgan fingerprint density at radius 1 is 1.12 bits per heavy atom. The van der Waals surface area contributed by atoms with Crippen molar-refractivity contribution in [2.45, 2.75) is 32.2 Å². The molecule has 2 aliphatic heterocycles.